The molecule has 20 heavy (non-hydrogen) atoms. The summed E-state index contributed by atoms with van der Waals surface area (Å²) in [5.41, 5.74) is 2.12. The lowest BCUT2D eigenvalue weighted by Crippen LogP contribution is -1.88. The number of hydrogen-bond donors (Lipinski definition) is 0. The van der Waals surface area contributed by atoms with Gasteiger partial charge < -0.3 is 14.2 Å². The molecule has 0 aliphatic heterocycles. The normalized spacial score (nSPS) is 10.6. The Bertz CT molecular complexity index is 581. The van der Waals surface area contributed by atoms with Crippen molar-refractivity contribution in [2.24, 2.45) is 0 Å². The first-order valence-corrected chi connectivity index (χ1v) is 6.34. The lowest BCUT2D eigenvalue weighted by atomic mass is 10.2. The topological polar surface area (TPSA) is 27.7 Å². The molecule has 0 saturated heterocycles. The number of ether oxygens (including phenoxy) is 3. The van der Waals surface area contributed by atoms with Crippen molar-refractivity contribution in [1.29, 1.82) is 0 Å². The summed E-state index contributed by atoms with van der Waals surface area (Å²) in [6.07, 6.45) is 3.52. The minimum Gasteiger partial charge on any atom is -0.497 e. The SMILES string of the molecule is COc1cc(/C=C/Oc2cccc(C)c2)cc(OC)c1. The van der Waals surface area contributed by atoms with Crippen LogP contribution in [-0.2, 0) is 0 Å². The van der Waals surface area contributed by atoms with Gasteiger partial charge in [0.1, 0.15) is 17.2 Å². The van der Waals surface area contributed by atoms with Crippen LogP contribution in [0.5, 0.6) is 17.2 Å². The van der Waals surface area contributed by atoms with Gasteiger partial charge in [-0.3, -0.25) is 0 Å². The van der Waals surface area contributed by atoms with E-state index in [2.05, 4.69) is 0 Å². The van der Waals surface area contributed by atoms with E-state index >= 15 is 0 Å². The van der Waals surface area contributed by atoms with Crippen molar-refractivity contribution in [3.8, 4) is 17.2 Å². The minimum atomic E-state index is 0.750. The zero-order valence-electron chi connectivity index (χ0n) is 11.9. The number of hydrogen-bond acceptors (Lipinski definition) is 3. The summed E-state index contributed by atoms with van der Waals surface area (Å²) in [6, 6.07) is 13.6. The number of benzene rings is 2. The van der Waals surface area contributed by atoms with Gasteiger partial charge in [-0.05, 0) is 48.4 Å². The van der Waals surface area contributed by atoms with Gasteiger partial charge in [0.05, 0.1) is 20.5 Å². The van der Waals surface area contributed by atoms with Crippen LogP contribution in [0.1, 0.15) is 11.1 Å². The summed E-state index contributed by atoms with van der Waals surface area (Å²) in [5, 5.41) is 0. The Kier molecular flexibility index (Phi) is 4.66. The van der Waals surface area contributed by atoms with Crippen LogP contribution in [0, 0.1) is 6.92 Å². The Morgan fingerprint density at radius 1 is 0.850 bits per heavy atom. The maximum atomic E-state index is 5.58. The fraction of sp³-hybridized carbons (Fsp3) is 0.176. The molecule has 0 atom stereocenters. The molecule has 0 aliphatic carbocycles. The second-order valence-electron chi connectivity index (χ2n) is 4.38. The van der Waals surface area contributed by atoms with E-state index in [0.717, 1.165) is 22.8 Å². The molecule has 0 heterocycles. The predicted octanol–water partition coefficient (Wildman–Crippen LogP) is 4.06. The van der Waals surface area contributed by atoms with E-state index in [1.807, 2.05) is 55.5 Å². The van der Waals surface area contributed by atoms with Gasteiger partial charge in [-0.1, -0.05) is 12.1 Å². The van der Waals surface area contributed by atoms with Gasteiger partial charge in [0.2, 0.25) is 0 Å². The largest absolute Gasteiger partial charge is 0.497 e. The molecule has 2 rings (SSSR count). The molecule has 0 aromatic heterocycles. The monoisotopic (exact) mass is 270 g/mol. The lowest BCUT2D eigenvalue weighted by Gasteiger charge is -2.06. The summed E-state index contributed by atoms with van der Waals surface area (Å²) < 4.78 is 16.0. The fourth-order valence-electron chi connectivity index (χ4n) is 1.81. The van der Waals surface area contributed by atoms with Crippen molar-refractivity contribution in [2.75, 3.05) is 14.2 Å². The molecule has 0 amide bonds. The molecular formula is C17H18O3. The van der Waals surface area contributed by atoms with E-state index in [1.54, 1.807) is 20.5 Å². The number of rotatable bonds is 5. The smallest absolute Gasteiger partial charge is 0.126 e. The molecule has 0 unspecified atom stereocenters. The van der Waals surface area contributed by atoms with Crippen molar-refractivity contribution in [2.45, 2.75) is 6.92 Å². The zero-order chi connectivity index (χ0) is 14.4. The number of methoxy groups -OCH3 is 2. The van der Waals surface area contributed by atoms with E-state index in [4.69, 9.17) is 14.2 Å². The van der Waals surface area contributed by atoms with Crippen molar-refractivity contribution in [3.63, 3.8) is 0 Å². The van der Waals surface area contributed by atoms with Gasteiger partial charge >= 0.3 is 0 Å². The van der Waals surface area contributed by atoms with E-state index in [0.29, 0.717) is 0 Å². The van der Waals surface area contributed by atoms with Crippen molar-refractivity contribution in [1.82, 2.24) is 0 Å². The molecule has 0 saturated carbocycles. The highest BCUT2D eigenvalue weighted by Crippen LogP contribution is 2.23. The molecule has 3 nitrogen and oxygen atoms in total. The van der Waals surface area contributed by atoms with E-state index in [-0.39, 0.29) is 0 Å². The van der Waals surface area contributed by atoms with Crippen LogP contribution in [0.15, 0.2) is 48.7 Å². The summed E-state index contributed by atoms with van der Waals surface area (Å²) >= 11 is 0. The molecule has 0 fully saturated rings. The van der Waals surface area contributed by atoms with Crippen molar-refractivity contribution >= 4 is 6.08 Å². The molecule has 0 bridgehead atoms. The minimum absolute atomic E-state index is 0.750. The first kappa shape index (κ1) is 14.0. The van der Waals surface area contributed by atoms with Gasteiger partial charge in [-0.2, -0.15) is 0 Å². The highest BCUT2D eigenvalue weighted by atomic mass is 16.5. The molecule has 2 aromatic carbocycles. The summed E-state index contributed by atoms with van der Waals surface area (Å²) in [6.45, 7) is 2.03. The molecule has 104 valence electrons. The molecule has 2 aromatic rings. The van der Waals surface area contributed by atoms with Gasteiger partial charge in [-0.15, -0.1) is 0 Å². The Labute approximate surface area is 119 Å². The fourth-order valence-corrected chi connectivity index (χ4v) is 1.81. The van der Waals surface area contributed by atoms with Crippen LogP contribution >= 0.6 is 0 Å². The standard InChI is InChI=1S/C17H18O3/c1-13-5-4-6-15(9-13)20-8-7-14-10-16(18-2)12-17(11-14)19-3/h4-12H,1-3H3/b8-7+. The van der Waals surface area contributed by atoms with Gasteiger partial charge in [0, 0.05) is 6.07 Å². The van der Waals surface area contributed by atoms with Crippen LogP contribution in [0.3, 0.4) is 0 Å². The highest BCUT2D eigenvalue weighted by Gasteiger charge is 1.99. The molecule has 0 radical (unpaired) electrons. The Morgan fingerprint density at radius 3 is 2.15 bits per heavy atom. The summed E-state index contributed by atoms with van der Waals surface area (Å²) in [4.78, 5) is 0. The molecule has 0 aliphatic rings. The average molecular weight is 270 g/mol. The summed E-state index contributed by atoms with van der Waals surface area (Å²) in [7, 11) is 3.26. The molecule has 0 N–H and O–H groups in total. The Balaban J connectivity index is 2.11. The van der Waals surface area contributed by atoms with Crippen molar-refractivity contribution in [3.05, 3.63) is 59.9 Å². The van der Waals surface area contributed by atoms with Crippen LogP contribution in [0.25, 0.3) is 6.08 Å². The van der Waals surface area contributed by atoms with Crippen LogP contribution in [-0.4, -0.2) is 14.2 Å². The van der Waals surface area contributed by atoms with Gasteiger partial charge in [0.25, 0.3) is 0 Å². The number of aryl methyl sites for hydroxylation is 1. The van der Waals surface area contributed by atoms with Crippen molar-refractivity contribution < 1.29 is 14.2 Å². The quantitative estimate of drug-likeness (QED) is 0.767. The maximum Gasteiger partial charge on any atom is 0.126 e. The lowest BCUT2D eigenvalue weighted by molar-refractivity contribution is 0.394. The second kappa shape index (κ2) is 6.66. The highest BCUT2D eigenvalue weighted by molar-refractivity contribution is 5.54. The third-order valence-corrected chi connectivity index (χ3v) is 2.83. The van der Waals surface area contributed by atoms with E-state index in [9.17, 15) is 0 Å². The third kappa shape index (κ3) is 3.79. The first-order chi connectivity index (χ1) is 9.71. The zero-order valence-corrected chi connectivity index (χ0v) is 11.9. The van der Waals surface area contributed by atoms with Crippen LogP contribution in [0.4, 0.5) is 0 Å². The van der Waals surface area contributed by atoms with Gasteiger partial charge in [0.15, 0.2) is 0 Å². The molecule has 3 heteroatoms. The maximum absolute atomic E-state index is 5.58. The Morgan fingerprint density at radius 2 is 1.55 bits per heavy atom. The predicted molar refractivity (Wildman–Crippen MR) is 80.4 cm³/mol. The first-order valence-electron chi connectivity index (χ1n) is 6.34. The van der Waals surface area contributed by atoms with Crippen LogP contribution < -0.4 is 14.2 Å². The van der Waals surface area contributed by atoms with E-state index < -0.39 is 0 Å². The van der Waals surface area contributed by atoms with Crippen LogP contribution in [0.2, 0.25) is 0 Å². The van der Waals surface area contributed by atoms with Gasteiger partial charge in [-0.25, -0.2) is 0 Å². The molecule has 0 spiro atoms. The second-order valence-corrected chi connectivity index (χ2v) is 4.38. The third-order valence-electron chi connectivity index (χ3n) is 2.83. The average Bonchev–Trinajstić information content (AvgIpc) is 2.47. The molecular weight excluding hydrogens is 252 g/mol. The summed E-state index contributed by atoms with van der Waals surface area (Å²) in [5.74, 6) is 2.32. The van der Waals surface area contributed by atoms with E-state index in [1.165, 1.54) is 5.56 Å². The Hall–Kier alpha value is -2.42.